The summed E-state index contributed by atoms with van der Waals surface area (Å²) in [6, 6.07) is 81.1. The van der Waals surface area contributed by atoms with E-state index in [1.807, 2.05) is 24.3 Å². The quantitative estimate of drug-likeness (QED) is 0.154. The maximum atomic E-state index is 6.54. The first kappa shape index (κ1) is 36.0. The van der Waals surface area contributed by atoms with Crippen molar-refractivity contribution in [3.63, 3.8) is 0 Å². The van der Waals surface area contributed by atoms with Crippen LogP contribution in [0.4, 0.5) is 0 Å². The lowest BCUT2D eigenvalue weighted by atomic mass is 9.84. The third kappa shape index (κ3) is 6.88. The van der Waals surface area contributed by atoms with Gasteiger partial charge < -0.3 is 4.42 Å². The van der Waals surface area contributed by atoms with E-state index in [-0.39, 0.29) is 0 Å². The van der Waals surface area contributed by atoms with Crippen LogP contribution in [0.5, 0.6) is 0 Å². The number of aromatic nitrogens is 2. The van der Waals surface area contributed by atoms with Crippen molar-refractivity contribution in [2.45, 2.75) is 0 Å². The molecule has 2 aromatic heterocycles. The Kier molecular flexibility index (Phi) is 9.18. The van der Waals surface area contributed by atoms with Crippen molar-refractivity contribution < 1.29 is 4.42 Å². The van der Waals surface area contributed by atoms with Gasteiger partial charge in [0, 0.05) is 27.5 Å². The second-order valence-corrected chi connectivity index (χ2v) is 15.3. The van der Waals surface area contributed by atoms with Crippen molar-refractivity contribution in [1.82, 2.24) is 9.97 Å². The summed E-state index contributed by atoms with van der Waals surface area (Å²) in [4.78, 5) is 10.6. The SMILES string of the molecule is c1ccc(-c2cc(-c3cccc(-c4cc(-c5ccccc5)c(-c5ccccc5)c(-c5ccccc5)c4)c3)nc(-c3cc(-c4ccccc4)c4c(c3)oc3ccccc34)n2)cc1. The second-order valence-electron chi connectivity index (χ2n) is 15.3. The Morgan fingerprint density at radius 1 is 0.279 bits per heavy atom. The van der Waals surface area contributed by atoms with Crippen molar-refractivity contribution in [3.8, 4) is 89.5 Å². The zero-order valence-electron chi connectivity index (χ0n) is 33.2. The van der Waals surface area contributed by atoms with Gasteiger partial charge in [0.2, 0.25) is 0 Å². The Hall–Kier alpha value is -8.14. The van der Waals surface area contributed by atoms with Crippen molar-refractivity contribution in [3.05, 3.63) is 231 Å². The zero-order valence-corrected chi connectivity index (χ0v) is 33.2. The molecule has 0 aliphatic heterocycles. The first-order valence-electron chi connectivity index (χ1n) is 20.6. The largest absolute Gasteiger partial charge is 0.456 e. The van der Waals surface area contributed by atoms with Gasteiger partial charge in [-0.15, -0.1) is 0 Å². The van der Waals surface area contributed by atoms with Crippen LogP contribution in [0.3, 0.4) is 0 Å². The third-order valence-electron chi connectivity index (χ3n) is 11.5. The molecule has 9 aromatic carbocycles. The molecule has 11 rings (SSSR count). The number of rotatable bonds is 8. The first-order chi connectivity index (χ1) is 30.2. The van der Waals surface area contributed by atoms with Gasteiger partial charge in [0.05, 0.1) is 11.4 Å². The molecule has 0 unspecified atom stereocenters. The monoisotopic (exact) mass is 778 g/mol. The predicted molar refractivity (Wildman–Crippen MR) is 253 cm³/mol. The van der Waals surface area contributed by atoms with Crippen LogP contribution in [0, 0.1) is 0 Å². The lowest BCUT2D eigenvalue weighted by Crippen LogP contribution is -1.97. The van der Waals surface area contributed by atoms with Crippen molar-refractivity contribution in [1.29, 1.82) is 0 Å². The van der Waals surface area contributed by atoms with Gasteiger partial charge in [0.25, 0.3) is 0 Å². The van der Waals surface area contributed by atoms with Crippen LogP contribution in [0.2, 0.25) is 0 Å². The highest BCUT2D eigenvalue weighted by atomic mass is 16.3. The molecule has 0 N–H and O–H groups in total. The van der Waals surface area contributed by atoms with Crippen molar-refractivity contribution >= 4 is 21.9 Å². The molecule has 0 atom stereocenters. The predicted octanol–water partition coefficient (Wildman–Crippen LogP) is 15.7. The fourth-order valence-corrected chi connectivity index (χ4v) is 8.58. The maximum Gasteiger partial charge on any atom is 0.160 e. The topological polar surface area (TPSA) is 38.9 Å². The normalized spacial score (nSPS) is 11.3. The van der Waals surface area contributed by atoms with Gasteiger partial charge in [0.15, 0.2) is 5.82 Å². The van der Waals surface area contributed by atoms with Gasteiger partial charge in [-0.3, -0.25) is 0 Å². The Balaban J connectivity index is 1.11. The minimum absolute atomic E-state index is 0.631. The molecule has 0 fully saturated rings. The van der Waals surface area contributed by atoms with Gasteiger partial charge in [-0.25, -0.2) is 9.97 Å². The van der Waals surface area contributed by atoms with Crippen LogP contribution < -0.4 is 0 Å². The molecule has 0 saturated heterocycles. The molecule has 3 heteroatoms. The van der Waals surface area contributed by atoms with Gasteiger partial charge in [-0.2, -0.15) is 0 Å². The summed E-state index contributed by atoms with van der Waals surface area (Å²) in [5, 5.41) is 2.17. The number of nitrogens with zero attached hydrogens (tertiary/aromatic N) is 2. The van der Waals surface area contributed by atoms with Crippen LogP contribution >= 0.6 is 0 Å². The summed E-state index contributed by atoms with van der Waals surface area (Å²) >= 11 is 0. The van der Waals surface area contributed by atoms with Crippen LogP contribution in [0.15, 0.2) is 235 Å². The average molecular weight is 779 g/mol. The van der Waals surface area contributed by atoms with Gasteiger partial charge >= 0.3 is 0 Å². The molecular formula is C58H38N2O. The Morgan fingerprint density at radius 2 is 0.738 bits per heavy atom. The summed E-state index contributed by atoms with van der Waals surface area (Å²) < 4.78 is 6.54. The van der Waals surface area contributed by atoms with E-state index < -0.39 is 0 Å². The smallest absolute Gasteiger partial charge is 0.160 e. The maximum absolute atomic E-state index is 6.54. The Morgan fingerprint density at radius 3 is 1.34 bits per heavy atom. The van der Waals surface area contributed by atoms with E-state index in [4.69, 9.17) is 14.4 Å². The molecule has 0 amide bonds. The fourth-order valence-electron chi connectivity index (χ4n) is 8.58. The van der Waals surface area contributed by atoms with Crippen LogP contribution in [-0.4, -0.2) is 9.97 Å². The van der Waals surface area contributed by atoms with Crippen molar-refractivity contribution in [2.75, 3.05) is 0 Å². The number of fused-ring (bicyclic) bond motifs is 3. The summed E-state index contributed by atoms with van der Waals surface area (Å²) in [6.45, 7) is 0. The fraction of sp³-hybridized carbons (Fsp3) is 0. The summed E-state index contributed by atoms with van der Waals surface area (Å²) in [7, 11) is 0. The summed E-state index contributed by atoms with van der Waals surface area (Å²) in [6.07, 6.45) is 0. The highest BCUT2D eigenvalue weighted by molar-refractivity contribution is 6.13. The number of hydrogen-bond donors (Lipinski definition) is 0. The van der Waals surface area contributed by atoms with Crippen LogP contribution in [0.1, 0.15) is 0 Å². The Bertz CT molecular complexity index is 3260. The van der Waals surface area contributed by atoms with E-state index in [2.05, 4.69) is 206 Å². The number of furan rings is 1. The van der Waals surface area contributed by atoms with Crippen LogP contribution in [0.25, 0.3) is 111 Å². The molecule has 0 saturated carbocycles. The zero-order chi connectivity index (χ0) is 40.5. The van der Waals surface area contributed by atoms with E-state index in [1.54, 1.807) is 0 Å². The number of hydrogen-bond acceptors (Lipinski definition) is 3. The van der Waals surface area contributed by atoms with Crippen LogP contribution in [-0.2, 0) is 0 Å². The molecule has 0 radical (unpaired) electrons. The molecular weight excluding hydrogens is 741 g/mol. The van der Waals surface area contributed by atoms with Gasteiger partial charge in [-0.05, 0) is 98.1 Å². The molecule has 61 heavy (non-hydrogen) atoms. The highest BCUT2D eigenvalue weighted by Crippen LogP contribution is 2.44. The van der Waals surface area contributed by atoms with Gasteiger partial charge in [-0.1, -0.05) is 188 Å². The molecule has 286 valence electrons. The molecule has 0 bridgehead atoms. The van der Waals surface area contributed by atoms with Gasteiger partial charge in [0.1, 0.15) is 11.2 Å². The van der Waals surface area contributed by atoms with E-state index in [0.29, 0.717) is 5.82 Å². The van der Waals surface area contributed by atoms with E-state index in [1.165, 1.54) is 33.4 Å². The lowest BCUT2D eigenvalue weighted by molar-refractivity contribution is 0.669. The number of para-hydroxylation sites is 1. The van der Waals surface area contributed by atoms with E-state index in [9.17, 15) is 0 Å². The first-order valence-corrected chi connectivity index (χ1v) is 20.6. The lowest BCUT2D eigenvalue weighted by Gasteiger charge is -2.19. The molecule has 11 aromatic rings. The summed E-state index contributed by atoms with van der Waals surface area (Å²) in [5.74, 6) is 0.631. The molecule has 3 nitrogen and oxygen atoms in total. The van der Waals surface area contributed by atoms with E-state index in [0.717, 1.165) is 72.3 Å². The minimum atomic E-state index is 0.631. The second kappa shape index (κ2) is 15.6. The standard InChI is InChI=1S/C58H38N2O/c1-6-19-39(20-7-1)49-34-46(35-50(40-21-8-2-9-22-40)56(49)43-27-14-5-15-28-43)44-29-18-30-45(33-44)53-38-52(42-25-12-4-13-26-42)59-58(60-53)47-36-51(41-23-10-3-11-24-41)57-48-31-16-17-32-54(48)61-55(57)37-47/h1-38H. The third-order valence-corrected chi connectivity index (χ3v) is 11.5. The average Bonchev–Trinajstić information content (AvgIpc) is 3.73. The molecule has 0 spiro atoms. The minimum Gasteiger partial charge on any atom is -0.456 e. The van der Waals surface area contributed by atoms with E-state index >= 15 is 0 Å². The number of benzene rings is 9. The molecule has 0 aliphatic rings. The van der Waals surface area contributed by atoms with Crippen molar-refractivity contribution in [2.24, 2.45) is 0 Å². The molecule has 2 heterocycles. The summed E-state index contributed by atoms with van der Waals surface area (Å²) in [5.41, 5.74) is 17.7. The Labute approximate surface area is 354 Å². The highest BCUT2D eigenvalue weighted by Gasteiger charge is 2.20. The molecule has 0 aliphatic carbocycles.